The average Bonchev–Trinajstić information content (AvgIpc) is 2.47. The Kier molecular flexibility index (Phi) is 5.75. The first kappa shape index (κ1) is 17.0. The molecule has 118 valence electrons. The summed E-state index contributed by atoms with van der Waals surface area (Å²) in [7, 11) is 0. The number of rotatable bonds is 6. The summed E-state index contributed by atoms with van der Waals surface area (Å²) in [6.07, 6.45) is -6.75. The van der Waals surface area contributed by atoms with Crippen molar-refractivity contribution >= 4 is 23.2 Å². The highest BCUT2D eigenvalue weighted by molar-refractivity contribution is 5.99. The largest absolute Gasteiger partial charge is 0.394 e. The van der Waals surface area contributed by atoms with Crippen LogP contribution in [0.25, 0.3) is 0 Å². The van der Waals surface area contributed by atoms with Crippen LogP contribution in [0.1, 0.15) is 0 Å². The van der Waals surface area contributed by atoms with Crippen molar-refractivity contribution in [3.63, 3.8) is 0 Å². The van der Waals surface area contributed by atoms with Gasteiger partial charge in [0, 0.05) is 0 Å². The summed E-state index contributed by atoms with van der Waals surface area (Å²) in [6, 6.07) is 0. The smallest absolute Gasteiger partial charge is 0.256 e. The number of nitrogens with one attached hydrogen (secondary N) is 1. The molecular formula is C10H17N5O6. The molecule has 11 heteroatoms. The number of nitrogens with zero attached hydrogens (tertiary/aromatic N) is 2. The maximum atomic E-state index is 11.7. The van der Waals surface area contributed by atoms with Crippen LogP contribution in [0.2, 0.25) is 0 Å². The third-order valence-corrected chi connectivity index (χ3v) is 2.68. The fourth-order valence-corrected chi connectivity index (χ4v) is 1.42. The Balaban J connectivity index is 2.79. The Bertz CT molecular complexity index is 481. The van der Waals surface area contributed by atoms with Gasteiger partial charge in [-0.2, -0.15) is 0 Å². The highest BCUT2D eigenvalue weighted by atomic mass is 16.4. The van der Waals surface area contributed by atoms with Crippen LogP contribution < -0.4 is 16.8 Å². The number of aliphatic hydroxyl groups is 5. The zero-order valence-corrected chi connectivity index (χ0v) is 10.8. The molecule has 11 nitrogen and oxygen atoms in total. The van der Waals surface area contributed by atoms with Crippen LogP contribution in [-0.2, 0) is 4.79 Å². The summed E-state index contributed by atoms with van der Waals surface area (Å²) in [5.74, 6) is -1.47. The number of carbonyl (C=O) groups is 1. The summed E-state index contributed by atoms with van der Waals surface area (Å²) in [5, 5.41) is 48.4. The molecular weight excluding hydrogens is 286 g/mol. The van der Waals surface area contributed by atoms with Crippen molar-refractivity contribution in [2.75, 3.05) is 23.4 Å². The molecule has 0 aliphatic carbocycles. The van der Waals surface area contributed by atoms with Gasteiger partial charge in [0.25, 0.3) is 5.91 Å². The summed E-state index contributed by atoms with van der Waals surface area (Å²) in [5.41, 5.74) is 10.8. The minimum Gasteiger partial charge on any atom is -0.394 e. The molecule has 0 fully saturated rings. The normalized spacial score (nSPS) is 16.8. The Hall–Kier alpha value is -2.05. The van der Waals surface area contributed by atoms with Gasteiger partial charge < -0.3 is 42.3 Å². The van der Waals surface area contributed by atoms with Crippen molar-refractivity contribution in [3.8, 4) is 0 Å². The SMILES string of the molecule is Nc1ncnc(N)c1NC(=O)[C@H](O)[C@@H](O)[C@H](O)[C@H](O)CO. The van der Waals surface area contributed by atoms with E-state index in [0.29, 0.717) is 0 Å². The topological polar surface area (TPSA) is 208 Å². The zero-order chi connectivity index (χ0) is 16.2. The second-order valence-electron chi connectivity index (χ2n) is 4.18. The Morgan fingerprint density at radius 1 is 1.14 bits per heavy atom. The number of hydrogen-bond donors (Lipinski definition) is 8. The monoisotopic (exact) mass is 303 g/mol. The quantitative estimate of drug-likeness (QED) is 0.255. The van der Waals surface area contributed by atoms with E-state index in [4.69, 9.17) is 21.7 Å². The van der Waals surface area contributed by atoms with Gasteiger partial charge in [0.1, 0.15) is 30.3 Å². The second kappa shape index (κ2) is 7.10. The molecule has 0 saturated heterocycles. The van der Waals surface area contributed by atoms with E-state index >= 15 is 0 Å². The number of anilines is 3. The fourth-order valence-electron chi connectivity index (χ4n) is 1.42. The van der Waals surface area contributed by atoms with E-state index in [1.165, 1.54) is 0 Å². The number of hydrogen-bond acceptors (Lipinski definition) is 10. The molecule has 0 aromatic carbocycles. The minimum atomic E-state index is -2.11. The van der Waals surface area contributed by atoms with E-state index < -0.39 is 36.9 Å². The van der Waals surface area contributed by atoms with Gasteiger partial charge in [-0.05, 0) is 0 Å². The van der Waals surface area contributed by atoms with Crippen LogP contribution in [0.5, 0.6) is 0 Å². The Labute approximate surface area is 118 Å². The van der Waals surface area contributed by atoms with E-state index in [1.807, 2.05) is 0 Å². The lowest BCUT2D eigenvalue weighted by atomic mass is 10.0. The number of aliphatic hydroxyl groups excluding tert-OH is 5. The van der Waals surface area contributed by atoms with Gasteiger partial charge in [-0.3, -0.25) is 4.79 Å². The molecule has 1 amide bonds. The van der Waals surface area contributed by atoms with Crippen LogP contribution >= 0.6 is 0 Å². The molecule has 0 unspecified atom stereocenters. The summed E-state index contributed by atoms with van der Waals surface area (Å²) in [6.45, 7) is -0.862. The molecule has 0 spiro atoms. The highest BCUT2D eigenvalue weighted by Gasteiger charge is 2.34. The van der Waals surface area contributed by atoms with Gasteiger partial charge in [-0.1, -0.05) is 0 Å². The Morgan fingerprint density at radius 2 is 1.67 bits per heavy atom. The van der Waals surface area contributed by atoms with E-state index in [9.17, 15) is 20.1 Å². The predicted molar refractivity (Wildman–Crippen MR) is 70.6 cm³/mol. The molecule has 0 bridgehead atoms. The first-order chi connectivity index (χ1) is 9.79. The third kappa shape index (κ3) is 3.96. The van der Waals surface area contributed by atoms with Gasteiger partial charge in [-0.25, -0.2) is 9.97 Å². The van der Waals surface area contributed by atoms with E-state index in [1.54, 1.807) is 0 Å². The minimum absolute atomic E-state index is 0.159. The lowest BCUT2D eigenvalue weighted by Crippen LogP contribution is -2.50. The van der Waals surface area contributed by atoms with Gasteiger partial charge in [-0.15, -0.1) is 0 Å². The first-order valence-corrected chi connectivity index (χ1v) is 5.79. The molecule has 1 heterocycles. The van der Waals surface area contributed by atoms with Crippen LogP contribution in [0.3, 0.4) is 0 Å². The molecule has 0 radical (unpaired) electrons. The van der Waals surface area contributed by atoms with Crippen molar-refractivity contribution in [1.29, 1.82) is 0 Å². The van der Waals surface area contributed by atoms with Crippen molar-refractivity contribution in [3.05, 3.63) is 6.33 Å². The van der Waals surface area contributed by atoms with E-state index in [-0.39, 0.29) is 17.3 Å². The van der Waals surface area contributed by atoms with E-state index in [0.717, 1.165) is 6.33 Å². The number of amides is 1. The maximum absolute atomic E-state index is 11.7. The standard InChI is InChI=1S/C10H17N5O6/c11-8-4(9(12)14-2-13-8)15-10(21)7(20)6(19)5(18)3(17)1-16/h2-3,5-7,16-20H,1H2,(H,15,21)(H4,11,12,13,14)/t3-,5-,6+,7-/m1/s1. The summed E-state index contributed by atoms with van der Waals surface area (Å²) < 4.78 is 0. The number of nitrogen functional groups attached to an aromatic ring is 2. The summed E-state index contributed by atoms with van der Waals surface area (Å²) in [4.78, 5) is 18.9. The Morgan fingerprint density at radius 3 is 2.14 bits per heavy atom. The number of aromatic nitrogens is 2. The van der Waals surface area contributed by atoms with Crippen LogP contribution in [-0.4, -0.2) is 72.4 Å². The first-order valence-electron chi connectivity index (χ1n) is 5.79. The molecule has 0 aliphatic heterocycles. The van der Waals surface area contributed by atoms with Crippen LogP contribution in [0.15, 0.2) is 6.33 Å². The fraction of sp³-hybridized carbons (Fsp3) is 0.500. The van der Waals surface area contributed by atoms with E-state index in [2.05, 4.69) is 15.3 Å². The molecule has 4 atom stereocenters. The number of carbonyl (C=O) groups excluding carboxylic acids is 1. The second-order valence-corrected chi connectivity index (χ2v) is 4.18. The van der Waals surface area contributed by atoms with Gasteiger partial charge in [0.15, 0.2) is 17.7 Å². The third-order valence-electron chi connectivity index (χ3n) is 2.68. The average molecular weight is 303 g/mol. The van der Waals surface area contributed by atoms with Crippen LogP contribution in [0, 0.1) is 0 Å². The molecule has 0 saturated carbocycles. The molecule has 1 rings (SSSR count). The highest BCUT2D eigenvalue weighted by Crippen LogP contribution is 2.21. The van der Waals surface area contributed by atoms with Gasteiger partial charge >= 0.3 is 0 Å². The maximum Gasteiger partial charge on any atom is 0.256 e. The molecule has 10 N–H and O–H groups in total. The van der Waals surface area contributed by atoms with Gasteiger partial charge in [0.2, 0.25) is 0 Å². The van der Waals surface area contributed by atoms with Crippen molar-refractivity contribution in [1.82, 2.24) is 9.97 Å². The molecule has 0 aliphatic rings. The molecule has 21 heavy (non-hydrogen) atoms. The van der Waals surface area contributed by atoms with Crippen LogP contribution in [0.4, 0.5) is 17.3 Å². The number of nitrogens with two attached hydrogens (primary N) is 2. The summed E-state index contributed by atoms with van der Waals surface area (Å²) >= 11 is 0. The lowest BCUT2D eigenvalue weighted by Gasteiger charge is -2.25. The van der Waals surface area contributed by atoms with Gasteiger partial charge in [0.05, 0.1) is 6.61 Å². The molecule has 1 aromatic heterocycles. The van der Waals surface area contributed by atoms with Crippen molar-refractivity contribution in [2.45, 2.75) is 24.4 Å². The van der Waals surface area contributed by atoms with Crippen molar-refractivity contribution in [2.24, 2.45) is 0 Å². The molecule has 1 aromatic rings. The van der Waals surface area contributed by atoms with Crippen molar-refractivity contribution < 1.29 is 30.3 Å². The predicted octanol–water partition coefficient (Wildman–Crippen LogP) is -3.98. The lowest BCUT2D eigenvalue weighted by molar-refractivity contribution is -0.144. The zero-order valence-electron chi connectivity index (χ0n) is 10.8.